The molecule has 0 radical (unpaired) electrons. The van der Waals surface area contributed by atoms with E-state index in [-0.39, 0.29) is 11.8 Å². The van der Waals surface area contributed by atoms with Crippen LogP contribution in [-0.4, -0.2) is 45.2 Å². The van der Waals surface area contributed by atoms with Gasteiger partial charge in [0, 0.05) is 19.6 Å². The van der Waals surface area contributed by atoms with Crippen LogP contribution in [0.1, 0.15) is 32.6 Å². The first kappa shape index (κ1) is 13.9. The summed E-state index contributed by atoms with van der Waals surface area (Å²) in [7, 11) is 0.431. The molecule has 1 aliphatic rings. The van der Waals surface area contributed by atoms with E-state index in [0.29, 0.717) is 12.5 Å². The van der Waals surface area contributed by atoms with E-state index >= 15 is 0 Å². The van der Waals surface area contributed by atoms with Crippen LogP contribution in [0, 0.1) is 5.92 Å². The first-order valence-corrected chi connectivity index (χ1v) is 7.68. The van der Waals surface area contributed by atoms with Gasteiger partial charge in [0.15, 0.2) is 0 Å². The monoisotopic (exact) mass is 248 g/mol. The van der Waals surface area contributed by atoms with Crippen molar-refractivity contribution < 1.29 is 8.42 Å². The van der Waals surface area contributed by atoms with E-state index < -0.39 is 10.0 Å². The molecule has 4 nitrogen and oxygen atoms in total. The first-order valence-electron chi connectivity index (χ1n) is 6.07. The summed E-state index contributed by atoms with van der Waals surface area (Å²) >= 11 is 0. The lowest BCUT2D eigenvalue weighted by molar-refractivity contribution is 0.239. The normalized spacial score (nSPS) is 27.2. The van der Waals surface area contributed by atoms with Crippen LogP contribution < -0.4 is 5.32 Å². The standard InChI is InChI=1S/C11H24N2O2S/c1-10-5-4-6-11(9-10)13(3)16(14,15)8-7-12-2/h10-12H,4-9H2,1-3H3. The Kier molecular flexibility index (Phi) is 5.21. The number of nitrogens with zero attached hydrogens (tertiary/aromatic N) is 1. The minimum atomic E-state index is -3.07. The van der Waals surface area contributed by atoms with Gasteiger partial charge in [-0.3, -0.25) is 0 Å². The van der Waals surface area contributed by atoms with Gasteiger partial charge >= 0.3 is 0 Å². The van der Waals surface area contributed by atoms with Gasteiger partial charge in [0.25, 0.3) is 0 Å². The van der Waals surface area contributed by atoms with Crippen molar-refractivity contribution in [3.63, 3.8) is 0 Å². The Morgan fingerprint density at radius 3 is 2.62 bits per heavy atom. The number of sulfonamides is 1. The molecule has 2 unspecified atom stereocenters. The molecule has 0 aromatic rings. The first-order chi connectivity index (χ1) is 7.47. The van der Waals surface area contributed by atoms with Gasteiger partial charge in [-0.05, 0) is 25.8 Å². The van der Waals surface area contributed by atoms with Crippen molar-refractivity contribution in [2.45, 2.75) is 38.6 Å². The average molecular weight is 248 g/mol. The summed E-state index contributed by atoms with van der Waals surface area (Å²) in [4.78, 5) is 0. The summed E-state index contributed by atoms with van der Waals surface area (Å²) in [6.07, 6.45) is 4.41. The van der Waals surface area contributed by atoms with E-state index in [1.54, 1.807) is 18.4 Å². The molecule has 0 heterocycles. The second-order valence-corrected chi connectivity index (χ2v) is 7.01. The van der Waals surface area contributed by atoms with Gasteiger partial charge in [-0.2, -0.15) is 0 Å². The zero-order chi connectivity index (χ0) is 12.2. The van der Waals surface area contributed by atoms with Crippen molar-refractivity contribution in [1.82, 2.24) is 9.62 Å². The van der Waals surface area contributed by atoms with Crippen LogP contribution in [0.2, 0.25) is 0 Å². The summed E-state index contributed by atoms with van der Waals surface area (Å²) in [5.74, 6) is 0.853. The molecule has 0 bridgehead atoms. The zero-order valence-electron chi connectivity index (χ0n) is 10.6. The fourth-order valence-electron chi connectivity index (χ4n) is 2.33. The molecule has 96 valence electrons. The second-order valence-electron chi connectivity index (χ2n) is 4.86. The Hall–Kier alpha value is -0.130. The summed E-state index contributed by atoms with van der Waals surface area (Å²) < 4.78 is 25.6. The third-order valence-corrected chi connectivity index (χ3v) is 5.37. The molecule has 0 spiro atoms. The SMILES string of the molecule is CNCCS(=O)(=O)N(C)C1CCCC(C)C1. The van der Waals surface area contributed by atoms with Gasteiger partial charge < -0.3 is 5.32 Å². The molecule has 1 rings (SSSR count). The van der Waals surface area contributed by atoms with Crippen LogP contribution in [0.25, 0.3) is 0 Å². The summed E-state index contributed by atoms with van der Waals surface area (Å²) in [5.41, 5.74) is 0. The third-order valence-electron chi connectivity index (χ3n) is 3.47. The van der Waals surface area contributed by atoms with E-state index in [4.69, 9.17) is 0 Å². The highest BCUT2D eigenvalue weighted by molar-refractivity contribution is 7.89. The molecule has 16 heavy (non-hydrogen) atoms. The maximum absolute atomic E-state index is 12.0. The molecule has 1 N–H and O–H groups in total. The molecule has 0 amide bonds. The van der Waals surface area contributed by atoms with Crippen molar-refractivity contribution in [1.29, 1.82) is 0 Å². The molecule has 0 aromatic heterocycles. The number of nitrogens with one attached hydrogen (secondary N) is 1. The summed E-state index contributed by atoms with van der Waals surface area (Å²) in [6.45, 7) is 2.73. The van der Waals surface area contributed by atoms with Crippen molar-refractivity contribution in [3.05, 3.63) is 0 Å². The quantitative estimate of drug-likeness (QED) is 0.791. The van der Waals surface area contributed by atoms with Crippen molar-refractivity contribution in [2.24, 2.45) is 5.92 Å². The maximum atomic E-state index is 12.0. The van der Waals surface area contributed by atoms with E-state index in [1.165, 1.54) is 6.42 Å². The molecule has 0 aromatic carbocycles. The van der Waals surface area contributed by atoms with E-state index in [1.807, 2.05) is 0 Å². The van der Waals surface area contributed by atoms with Crippen molar-refractivity contribution in [2.75, 3.05) is 26.4 Å². The molecule has 1 saturated carbocycles. The largest absolute Gasteiger partial charge is 0.319 e. The van der Waals surface area contributed by atoms with Crippen LogP contribution >= 0.6 is 0 Å². The number of rotatable bonds is 5. The lowest BCUT2D eigenvalue weighted by atomic mass is 9.87. The Morgan fingerprint density at radius 2 is 2.06 bits per heavy atom. The highest BCUT2D eigenvalue weighted by atomic mass is 32.2. The second kappa shape index (κ2) is 5.98. The van der Waals surface area contributed by atoms with Crippen molar-refractivity contribution >= 4 is 10.0 Å². The average Bonchev–Trinajstić information content (AvgIpc) is 2.25. The lowest BCUT2D eigenvalue weighted by Crippen LogP contribution is -2.42. The molecule has 5 heteroatoms. The Balaban J connectivity index is 2.58. The number of hydrogen-bond donors (Lipinski definition) is 1. The summed E-state index contributed by atoms with van der Waals surface area (Å²) in [6, 6.07) is 0.214. The van der Waals surface area contributed by atoms with Crippen LogP contribution in [0.5, 0.6) is 0 Å². The van der Waals surface area contributed by atoms with E-state index in [2.05, 4.69) is 12.2 Å². The van der Waals surface area contributed by atoms with Gasteiger partial charge in [-0.1, -0.05) is 19.8 Å². The van der Waals surface area contributed by atoms with Gasteiger partial charge in [-0.25, -0.2) is 12.7 Å². The van der Waals surface area contributed by atoms with E-state index in [9.17, 15) is 8.42 Å². The molecule has 2 atom stereocenters. The van der Waals surface area contributed by atoms with Crippen LogP contribution in [0.4, 0.5) is 0 Å². The van der Waals surface area contributed by atoms with Crippen molar-refractivity contribution in [3.8, 4) is 0 Å². The van der Waals surface area contributed by atoms with Gasteiger partial charge in [0.2, 0.25) is 10.0 Å². The van der Waals surface area contributed by atoms with Crippen LogP contribution in [-0.2, 0) is 10.0 Å². The molecule has 0 aliphatic heterocycles. The smallest absolute Gasteiger partial charge is 0.215 e. The Labute approximate surface area is 99.5 Å². The third kappa shape index (κ3) is 3.71. The fourth-order valence-corrected chi connectivity index (χ4v) is 3.73. The van der Waals surface area contributed by atoms with E-state index in [0.717, 1.165) is 19.3 Å². The van der Waals surface area contributed by atoms with Gasteiger partial charge in [0.1, 0.15) is 0 Å². The number of hydrogen-bond acceptors (Lipinski definition) is 3. The summed E-state index contributed by atoms with van der Waals surface area (Å²) in [5, 5.41) is 2.88. The molecule has 1 aliphatic carbocycles. The minimum absolute atomic E-state index is 0.199. The van der Waals surface area contributed by atoms with Gasteiger partial charge in [-0.15, -0.1) is 0 Å². The van der Waals surface area contributed by atoms with Gasteiger partial charge in [0.05, 0.1) is 5.75 Å². The van der Waals surface area contributed by atoms with Crippen LogP contribution in [0.15, 0.2) is 0 Å². The minimum Gasteiger partial charge on any atom is -0.319 e. The molecule has 0 saturated heterocycles. The lowest BCUT2D eigenvalue weighted by Gasteiger charge is -2.33. The highest BCUT2D eigenvalue weighted by Crippen LogP contribution is 2.27. The highest BCUT2D eigenvalue weighted by Gasteiger charge is 2.29. The zero-order valence-corrected chi connectivity index (χ0v) is 11.4. The predicted octanol–water partition coefficient (Wildman–Crippen LogP) is 1.05. The fraction of sp³-hybridized carbons (Fsp3) is 1.00. The molecular weight excluding hydrogens is 224 g/mol. The maximum Gasteiger partial charge on any atom is 0.215 e. The Morgan fingerprint density at radius 1 is 1.38 bits per heavy atom. The Bertz CT molecular complexity index is 303. The predicted molar refractivity (Wildman–Crippen MR) is 66.9 cm³/mol. The molecule has 1 fully saturated rings. The molecular formula is C11H24N2O2S. The van der Waals surface area contributed by atoms with Crippen LogP contribution in [0.3, 0.4) is 0 Å². The topological polar surface area (TPSA) is 49.4 Å².